The van der Waals surface area contributed by atoms with Crippen LogP contribution in [0.25, 0.3) is 0 Å². The lowest BCUT2D eigenvalue weighted by atomic mass is 9.98. The van der Waals surface area contributed by atoms with Crippen LogP contribution in [-0.2, 0) is 17.9 Å². The highest BCUT2D eigenvalue weighted by Gasteiger charge is 2.25. The maximum absolute atomic E-state index is 12.8. The third-order valence-corrected chi connectivity index (χ3v) is 4.97. The minimum atomic E-state index is -0.633. The molecule has 1 unspecified atom stereocenters. The van der Waals surface area contributed by atoms with Gasteiger partial charge < -0.3 is 25.4 Å². The summed E-state index contributed by atoms with van der Waals surface area (Å²) in [4.78, 5) is 25.2. The highest BCUT2D eigenvalue weighted by molar-refractivity contribution is 5.87. The summed E-state index contributed by atoms with van der Waals surface area (Å²) in [5, 5.41) is 8.51. The van der Waals surface area contributed by atoms with Gasteiger partial charge in [-0.1, -0.05) is 44.5 Å². The summed E-state index contributed by atoms with van der Waals surface area (Å²) in [7, 11) is 3.20. The maximum atomic E-state index is 12.8. The highest BCUT2D eigenvalue weighted by Crippen LogP contribution is 2.14. The molecule has 0 fully saturated rings. The molecule has 2 aromatic rings. The number of amides is 3. The molecule has 0 aromatic heterocycles. The minimum Gasteiger partial charge on any atom is -0.497 e. The monoisotopic (exact) mass is 413 g/mol. The van der Waals surface area contributed by atoms with Gasteiger partial charge in [0, 0.05) is 13.1 Å². The molecule has 0 heterocycles. The third kappa shape index (κ3) is 6.99. The maximum Gasteiger partial charge on any atom is 0.315 e. The first kappa shape index (κ1) is 23.1. The molecule has 162 valence electrons. The van der Waals surface area contributed by atoms with Crippen LogP contribution in [0, 0.1) is 5.92 Å². The number of methoxy groups -OCH3 is 2. The number of urea groups is 1. The van der Waals surface area contributed by atoms with E-state index in [0.29, 0.717) is 13.1 Å². The number of ether oxygens (including phenoxy) is 2. The second-order valence-corrected chi connectivity index (χ2v) is 7.11. The fourth-order valence-electron chi connectivity index (χ4n) is 2.94. The molecule has 0 aliphatic carbocycles. The summed E-state index contributed by atoms with van der Waals surface area (Å²) in [6.45, 7) is 4.62. The molecule has 0 aliphatic heterocycles. The number of hydrogen-bond acceptors (Lipinski definition) is 4. The van der Waals surface area contributed by atoms with Crippen molar-refractivity contribution in [2.75, 3.05) is 14.2 Å². The van der Waals surface area contributed by atoms with Gasteiger partial charge in [0.1, 0.15) is 17.5 Å². The summed E-state index contributed by atoms with van der Waals surface area (Å²) >= 11 is 0. The van der Waals surface area contributed by atoms with Gasteiger partial charge in [0.25, 0.3) is 0 Å². The van der Waals surface area contributed by atoms with Gasteiger partial charge in [-0.3, -0.25) is 4.79 Å². The zero-order valence-corrected chi connectivity index (χ0v) is 18.0. The van der Waals surface area contributed by atoms with Gasteiger partial charge in [-0.15, -0.1) is 0 Å². The van der Waals surface area contributed by atoms with Crippen LogP contribution in [0.2, 0.25) is 0 Å². The molecule has 3 amide bonds. The third-order valence-electron chi connectivity index (χ3n) is 4.97. The molecular weight excluding hydrogens is 382 g/mol. The van der Waals surface area contributed by atoms with Crippen LogP contribution in [0.1, 0.15) is 31.4 Å². The number of rotatable bonds is 10. The van der Waals surface area contributed by atoms with Crippen LogP contribution >= 0.6 is 0 Å². The number of carbonyl (C=O) groups excluding carboxylic acids is 2. The molecule has 2 aromatic carbocycles. The first-order valence-corrected chi connectivity index (χ1v) is 10.0. The van der Waals surface area contributed by atoms with Crippen LogP contribution < -0.4 is 25.4 Å². The van der Waals surface area contributed by atoms with E-state index in [0.717, 1.165) is 29.0 Å². The fraction of sp³-hybridized carbons (Fsp3) is 0.391. The molecule has 0 spiro atoms. The van der Waals surface area contributed by atoms with E-state index in [2.05, 4.69) is 16.0 Å². The van der Waals surface area contributed by atoms with E-state index in [1.54, 1.807) is 14.2 Å². The lowest BCUT2D eigenvalue weighted by Crippen LogP contribution is -2.52. The molecule has 0 aliphatic rings. The Morgan fingerprint density at radius 2 is 1.43 bits per heavy atom. The van der Waals surface area contributed by atoms with Crippen molar-refractivity contribution >= 4 is 11.9 Å². The van der Waals surface area contributed by atoms with Crippen LogP contribution in [0.4, 0.5) is 4.79 Å². The summed E-state index contributed by atoms with van der Waals surface area (Å²) in [5.74, 6) is 1.22. The summed E-state index contributed by atoms with van der Waals surface area (Å²) in [6.07, 6.45) is 0.757. The van der Waals surface area contributed by atoms with Gasteiger partial charge in [0.2, 0.25) is 5.91 Å². The number of benzene rings is 2. The number of hydrogen-bond donors (Lipinski definition) is 3. The predicted octanol–water partition coefficient (Wildman–Crippen LogP) is 3.23. The fourth-order valence-corrected chi connectivity index (χ4v) is 2.94. The Morgan fingerprint density at radius 1 is 0.900 bits per heavy atom. The van der Waals surface area contributed by atoms with Crippen LogP contribution in [0.5, 0.6) is 11.5 Å². The van der Waals surface area contributed by atoms with Crippen molar-refractivity contribution in [3.05, 3.63) is 59.7 Å². The quantitative estimate of drug-likeness (QED) is 0.558. The van der Waals surface area contributed by atoms with E-state index in [1.807, 2.05) is 62.4 Å². The lowest BCUT2D eigenvalue weighted by Gasteiger charge is -2.24. The Kier molecular flexibility index (Phi) is 9.00. The van der Waals surface area contributed by atoms with Gasteiger partial charge in [-0.25, -0.2) is 4.79 Å². The van der Waals surface area contributed by atoms with E-state index in [4.69, 9.17) is 9.47 Å². The molecule has 2 atom stereocenters. The van der Waals surface area contributed by atoms with Crippen molar-refractivity contribution in [3.8, 4) is 11.5 Å². The molecule has 0 saturated heterocycles. The van der Waals surface area contributed by atoms with Crippen molar-refractivity contribution in [1.29, 1.82) is 0 Å². The van der Waals surface area contributed by atoms with Crippen LogP contribution in [0.3, 0.4) is 0 Å². The summed E-state index contributed by atoms with van der Waals surface area (Å²) < 4.78 is 10.4. The van der Waals surface area contributed by atoms with Gasteiger partial charge in [-0.2, -0.15) is 0 Å². The Hall–Kier alpha value is -3.22. The van der Waals surface area contributed by atoms with Gasteiger partial charge in [0.05, 0.1) is 14.2 Å². The zero-order valence-electron chi connectivity index (χ0n) is 18.0. The molecule has 0 bridgehead atoms. The van der Waals surface area contributed by atoms with Crippen molar-refractivity contribution in [2.45, 2.75) is 39.4 Å². The predicted molar refractivity (Wildman–Crippen MR) is 116 cm³/mol. The van der Waals surface area contributed by atoms with Crippen molar-refractivity contribution in [2.24, 2.45) is 5.92 Å². The smallest absolute Gasteiger partial charge is 0.315 e. The van der Waals surface area contributed by atoms with Crippen molar-refractivity contribution in [1.82, 2.24) is 16.0 Å². The molecule has 2 rings (SSSR count). The second kappa shape index (κ2) is 11.7. The average molecular weight is 414 g/mol. The van der Waals surface area contributed by atoms with Crippen molar-refractivity contribution in [3.63, 3.8) is 0 Å². The van der Waals surface area contributed by atoms with E-state index < -0.39 is 6.04 Å². The van der Waals surface area contributed by atoms with E-state index in [-0.39, 0.29) is 17.9 Å². The Labute approximate surface area is 178 Å². The SMILES string of the molecule is CCC(C)[C@@H](NC(=O)NCc1cccc(OC)c1)C(=O)NCc1cccc(OC)c1. The molecule has 3 N–H and O–H groups in total. The standard InChI is InChI=1S/C23H31N3O4/c1-5-16(2)21(22(27)24-14-17-8-6-10-19(12-17)29-3)26-23(28)25-15-18-9-7-11-20(13-18)30-4/h6-13,16,21H,5,14-15H2,1-4H3,(H,24,27)(H2,25,26,28)/t16?,21-/m1/s1. The first-order valence-electron chi connectivity index (χ1n) is 10.0. The largest absolute Gasteiger partial charge is 0.497 e. The topological polar surface area (TPSA) is 88.7 Å². The van der Waals surface area contributed by atoms with Gasteiger partial charge >= 0.3 is 6.03 Å². The van der Waals surface area contributed by atoms with E-state index in [1.165, 1.54) is 0 Å². The molecule has 30 heavy (non-hydrogen) atoms. The zero-order chi connectivity index (χ0) is 21.9. The summed E-state index contributed by atoms with van der Waals surface area (Å²) in [5.41, 5.74) is 1.83. The molecular formula is C23H31N3O4. The molecule has 7 heteroatoms. The van der Waals surface area contributed by atoms with Gasteiger partial charge in [0.15, 0.2) is 0 Å². The molecule has 0 radical (unpaired) electrons. The van der Waals surface area contributed by atoms with E-state index >= 15 is 0 Å². The Bertz CT molecular complexity index is 841. The highest BCUT2D eigenvalue weighted by atomic mass is 16.5. The Morgan fingerprint density at radius 3 is 1.93 bits per heavy atom. The number of nitrogens with one attached hydrogen (secondary N) is 3. The second-order valence-electron chi connectivity index (χ2n) is 7.11. The van der Waals surface area contributed by atoms with Crippen molar-refractivity contribution < 1.29 is 19.1 Å². The number of carbonyl (C=O) groups is 2. The Balaban J connectivity index is 1.93. The summed E-state index contributed by atoms with van der Waals surface area (Å²) in [6, 6.07) is 13.9. The van der Waals surface area contributed by atoms with Crippen LogP contribution in [0.15, 0.2) is 48.5 Å². The van der Waals surface area contributed by atoms with Gasteiger partial charge in [-0.05, 0) is 41.3 Å². The normalized spacial score (nSPS) is 12.4. The average Bonchev–Trinajstić information content (AvgIpc) is 2.79. The minimum absolute atomic E-state index is 0.0159. The first-order chi connectivity index (χ1) is 14.5. The lowest BCUT2D eigenvalue weighted by molar-refractivity contribution is -0.124. The van der Waals surface area contributed by atoms with Crippen LogP contribution in [-0.4, -0.2) is 32.2 Å². The van der Waals surface area contributed by atoms with E-state index in [9.17, 15) is 9.59 Å². The molecule has 0 saturated carbocycles. The molecule has 7 nitrogen and oxygen atoms in total.